The van der Waals surface area contributed by atoms with Gasteiger partial charge in [-0.25, -0.2) is 10.4 Å². The minimum Gasteiger partial charge on any atom is -0.380 e. The summed E-state index contributed by atoms with van der Waals surface area (Å²) >= 11 is 14.7. The van der Waals surface area contributed by atoms with E-state index >= 15 is 0 Å². The average molecular weight is 579 g/mol. The van der Waals surface area contributed by atoms with Crippen LogP contribution in [0.5, 0.6) is 0 Å². The summed E-state index contributed by atoms with van der Waals surface area (Å²) in [5, 5.41) is 15.5. The van der Waals surface area contributed by atoms with E-state index in [2.05, 4.69) is 33.6 Å². The van der Waals surface area contributed by atoms with E-state index in [-0.39, 0.29) is 69.4 Å². The maximum atomic E-state index is 13.6. The summed E-state index contributed by atoms with van der Waals surface area (Å²) < 4.78 is 5.80. The van der Waals surface area contributed by atoms with Gasteiger partial charge in [0, 0.05) is 63.7 Å². The van der Waals surface area contributed by atoms with Gasteiger partial charge in [0.15, 0.2) is 0 Å². The number of fused-ring (bicyclic) bond motifs is 1. The number of piperidine rings is 2. The zero-order valence-corrected chi connectivity index (χ0v) is 24.3. The zero-order valence-electron chi connectivity index (χ0n) is 22.0. The fourth-order valence-corrected chi connectivity index (χ4v) is 8.77. The molecular formula is C24H41Cl2N7O3S. The number of hydrogen-bond donors (Lipinski definition) is 5. The molecule has 12 atom stereocenters. The van der Waals surface area contributed by atoms with Gasteiger partial charge in [-0.15, -0.1) is 35.0 Å². The first kappa shape index (κ1) is 28.2. The second-order valence-electron chi connectivity index (χ2n) is 11.3. The number of methoxy groups -OCH3 is 1. The first-order valence-electron chi connectivity index (χ1n) is 13.4. The summed E-state index contributed by atoms with van der Waals surface area (Å²) in [5.41, 5.74) is 2.95. The SMILES string of the molecule is COC1CNC(Cl)CC1C1CC(C)NCC1C(=O)NC1NC2CN(C(=O)C3NN(C)C(C)C3Cl)CC2S1. The molecule has 5 N–H and O–H groups in total. The van der Waals surface area contributed by atoms with Crippen LogP contribution < -0.4 is 26.7 Å². The van der Waals surface area contributed by atoms with Crippen LogP contribution in [0.1, 0.15) is 26.7 Å². The Labute approximate surface area is 234 Å². The molecule has 0 spiro atoms. The second-order valence-corrected chi connectivity index (χ2v) is 13.7. The molecule has 210 valence electrons. The maximum Gasteiger partial charge on any atom is 0.242 e. The number of ether oxygens (including phenoxy) is 1. The Hall–Kier alpha value is -0.370. The predicted octanol–water partition coefficient (Wildman–Crippen LogP) is -0.0799. The number of nitrogens with one attached hydrogen (secondary N) is 5. The molecule has 5 saturated heterocycles. The van der Waals surface area contributed by atoms with Crippen LogP contribution in [0.15, 0.2) is 0 Å². The molecule has 0 aromatic heterocycles. The van der Waals surface area contributed by atoms with Crippen LogP contribution in [0.2, 0.25) is 0 Å². The van der Waals surface area contributed by atoms with Crippen LogP contribution >= 0.6 is 35.0 Å². The van der Waals surface area contributed by atoms with E-state index in [1.165, 1.54) is 0 Å². The lowest BCUT2D eigenvalue weighted by molar-refractivity contribution is -0.133. The lowest BCUT2D eigenvalue weighted by Gasteiger charge is -2.45. The summed E-state index contributed by atoms with van der Waals surface area (Å²) in [6, 6.07) is 0.175. The molecule has 0 aromatic rings. The highest BCUT2D eigenvalue weighted by Gasteiger charge is 2.49. The number of halogens is 2. The van der Waals surface area contributed by atoms with E-state index < -0.39 is 6.04 Å². The Morgan fingerprint density at radius 2 is 1.86 bits per heavy atom. The highest BCUT2D eigenvalue weighted by molar-refractivity contribution is 8.00. The minimum atomic E-state index is -0.405. The number of hydrazine groups is 1. The summed E-state index contributed by atoms with van der Waals surface area (Å²) in [5.74, 6) is 0.403. The van der Waals surface area contributed by atoms with Crippen molar-refractivity contribution in [2.24, 2.45) is 17.8 Å². The molecule has 0 bridgehead atoms. The lowest BCUT2D eigenvalue weighted by atomic mass is 9.70. The summed E-state index contributed by atoms with van der Waals surface area (Å²) in [4.78, 5) is 28.6. The van der Waals surface area contributed by atoms with Gasteiger partial charge in [-0.05, 0) is 38.5 Å². The Kier molecular flexibility index (Phi) is 8.85. The van der Waals surface area contributed by atoms with Crippen LogP contribution in [-0.4, -0.2) is 114 Å². The number of carbonyl (C=O) groups excluding carboxylic acids is 2. The highest BCUT2D eigenvalue weighted by Crippen LogP contribution is 2.38. The van der Waals surface area contributed by atoms with Gasteiger partial charge in [0.25, 0.3) is 0 Å². The lowest BCUT2D eigenvalue weighted by Crippen LogP contribution is -2.57. The number of amides is 2. The predicted molar refractivity (Wildman–Crippen MR) is 146 cm³/mol. The van der Waals surface area contributed by atoms with Crippen molar-refractivity contribution < 1.29 is 14.3 Å². The third kappa shape index (κ3) is 5.76. The van der Waals surface area contributed by atoms with Crippen LogP contribution in [0.4, 0.5) is 0 Å². The second kappa shape index (κ2) is 11.6. The van der Waals surface area contributed by atoms with E-state index in [0.29, 0.717) is 32.2 Å². The Morgan fingerprint density at radius 1 is 1.08 bits per heavy atom. The maximum absolute atomic E-state index is 13.6. The number of alkyl halides is 2. The van der Waals surface area contributed by atoms with Gasteiger partial charge in [-0.3, -0.25) is 20.2 Å². The molecule has 5 fully saturated rings. The number of nitrogens with zero attached hydrogens (tertiary/aromatic N) is 2. The van der Waals surface area contributed by atoms with E-state index in [1.807, 2.05) is 23.9 Å². The van der Waals surface area contributed by atoms with Crippen LogP contribution in [0.25, 0.3) is 0 Å². The Balaban J connectivity index is 1.17. The average Bonchev–Trinajstić information content (AvgIpc) is 3.51. The van der Waals surface area contributed by atoms with Crippen molar-refractivity contribution in [3.8, 4) is 0 Å². The summed E-state index contributed by atoms with van der Waals surface area (Å²) in [6.45, 7) is 6.82. The Morgan fingerprint density at radius 3 is 2.54 bits per heavy atom. The molecule has 0 aliphatic carbocycles. The molecule has 10 nitrogen and oxygen atoms in total. The molecule has 0 aromatic carbocycles. The molecule has 13 heteroatoms. The molecule has 12 unspecified atom stereocenters. The molecule has 5 aliphatic heterocycles. The van der Waals surface area contributed by atoms with Crippen molar-refractivity contribution in [2.75, 3.05) is 40.3 Å². The standard InChI is InChI=1S/C24H41Cl2N7O3S/c1-11-5-13(14-6-19(25)28-8-17(14)36-4)15(7-27-11)22(34)30-24-29-16-9-33(10-18(16)37-24)23(35)21-20(26)12(2)32(3)31-21/h11-21,24,27-29,31H,5-10H2,1-4H3,(H,30,34). The van der Waals surface area contributed by atoms with Gasteiger partial charge in [0.1, 0.15) is 11.5 Å². The van der Waals surface area contributed by atoms with Crippen molar-refractivity contribution in [1.82, 2.24) is 36.6 Å². The molecule has 2 amide bonds. The number of rotatable bonds is 5. The van der Waals surface area contributed by atoms with Gasteiger partial charge in [0.05, 0.1) is 22.9 Å². The van der Waals surface area contributed by atoms with Crippen molar-refractivity contribution in [3.63, 3.8) is 0 Å². The third-order valence-electron chi connectivity index (χ3n) is 9.04. The van der Waals surface area contributed by atoms with Gasteiger partial charge in [-0.1, -0.05) is 0 Å². The molecule has 0 saturated carbocycles. The smallest absolute Gasteiger partial charge is 0.242 e. The highest BCUT2D eigenvalue weighted by atomic mass is 35.5. The van der Waals surface area contributed by atoms with Crippen molar-refractivity contribution in [2.45, 2.75) is 78.6 Å². The van der Waals surface area contributed by atoms with Crippen molar-refractivity contribution >= 4 is 46.8 Å². The fourth-order valence-electron chi connectivity index (χ4n) is 6.73. The summed E-state index contributed by atoms with van der Waals surface area (Å²) in [6.07, 6.45) is 1.76. The molecule has 5 heterocycles. The van der Waals surface area contributed by atoms with E-state index in [9.17, 15) is 9.59 Å². The molecular weight excluding hydrogens is 537 g/mol. The van der Waals surface area contributed by atoms with Crippen molar-refractivity contribution in [1.29, 1.82) is 0 Å². The van der Waals surface area contributed by atoms with Gasteiger partial charge in [0.2, 0.25) is 11.8 Å². The van der Waals surface area contributed by atoms with Gasteiger partial charge >= 0.3 is 0 Å². The monoisotopic (exact) mass is 577 g/mol. The molecule has 0 radical (unpaired) electrons. The van der Waals surface area contributed by atoms with Gasteiger partial charge in [-0.2, -0.15) is 0 Å². The first-order valence-corrected chi connectivity index (χ1v) is 15.2. The topological polar surface area (TPSA) is 110 Å². The number of carbonyl (C=O) groups is 2. The van der Waals surface area contributed by atoms with E-state index in [0.717, 1.165) is 12.8 Å². The van der Waals surface area contributed by atoms with Gasteiger partial charge < -0.3 is 20.3 Å². The van der Waals surface area contributed by atoms with Crippen LogP contribution in [0.3, 0.4) is 0 Å². The largest absolute Gasteiger partial charge is 0.380 e. The van der Waals surface area contributed by atoms with E-state index in [1.54, 1.807) is 18.9 Å². The number of hydrogen-bond acceptors (Lipinski definition) is 9. The number of likely N-dealkylation sites (tertiary alicyclic amines) is 1. The van der Waals surface area contributed by atoms with E-state index in [4.69, 9.17) is 27.9 Å². The first-order chi connectivity index (χ1) is 17.7. The molecule has 5 rings (SSSR count). The normalized spacial score (nSPS) is 46.7. The summed E-state index contributed by atoms with van der Waals surface area (Å²) in [7, 11) is 3.66. The minimum absolute atomic E-state index is 0.0473. The van der Waals surface area contributed by atoms with Crippen molar-refractivity contribution in [3.05, 3.63) is 0 Å². The third-order valence-corrected chi connectivity index (χ3v) is 11.3. The zero-order chi connectivity index (χ0) is 26.4. The number of thioether (sulfide) groups is 1. The quantitative estimate of drug-likeness (QED) is 0.226. The molecule has 37 heavy (non-hydrogen) atoms. The van der Waals surface area contributed by atoms with Crippen LogP contribution in [0, 0.1) is 17.8 Å². The fraction of sp³-hybridized carbons (Fsp3) is 0.917. The Bertz CT molecular complexity index is 847. The molecule has 5 aliphatic rings. The van der Waals surface area contributed by atoms with Crippen LogP contribution in [-0.2, 0) is 14.3 Å².